The molecule has 22 heteroatoms. The van der Waals surface area contributed by atoms with Crippen LogP contribution in [0.1, 0.15) is 13.8 Å². The first-order valence-corrected chi connectivity index (χ1v) is 15.5. The Bertz CT molecular complexity index is 996. The van der Waals surface area contributed by atoms with Gasteiger partial charge in [-0.1, -0.05) is 0 Å². The van der Waals surface area contributed by atoms with Gasteiger partial charge in [-0.25, -0.2) is 0 Å². The Kier molecular flexibility index (Phi) is 16.3. The molecule has 14 N–H and O–H groups in total. The zero-order valence-electron chi connectivity index (χ0n) is 26.6. The lowest BCUT2D eigenvalue weighted by atomic mass is 9.96. The predicted octanol–water partition coefficient (Wildman–Crippen LogP) is -8.97. The maximum absolute atomic E-state index is 12.0. The summed E-state index contributed by atoms with van der Waals surface area (Å²) in [7, 11) is 0. The Morgan fingerprint density at radius 3 is 1.80 bits per heavy atom. The highest BCUT2D eigenvalue weighted by Crippen LogP contribution is 2.31. The average molecular weight is 724 g/mol. The Labute approximate surface area is 279 Å². The topological polar surface area (TPSA) is 357 Å². The lowest BCUT2D eigenvalue weighted by Crippen LogP contribution is -2.66. The first kappa shape index (κ1) is 42.1. The van der Waals surface area contributed by atoms with Crippen LogP contribution in [0.3, 0.4) is 0 Å². The number of amides is 1. The van der Waals surface area contributed by atoms with Gasteiger partial charge in [-0.2, -0.15) is 0 Å². The molecule has 3 fully saturated rings. The van der Waals surface area contributed by atoms with E-state index >= 15 is 0 Å². The van der Waals surface area contributed by atoms with Gasteiger partial charge in [-0.05, 0) is 6.92 Å². The van der Waals surface area contributed by atoms with E-state index in [1.54, 1.807) is 0 Å². The standard InChI is InChI=1S/C27H49NO21/c1-8(43-26-20(40)17(37)15(35)12(5-31)46-26)11(4-30)45-25(10(3-29)28-9(2)34)49-23-16(36)13(6-32)47-27(21(23)41)48-22-14(7-33)44-24(42)19(39)18(22)38/h8,10-27,29-33,35-42H,3-7H2,1-2H3,(H,28,34)/t8-,10-,11?,12?,13?,14?,15-,16-,17?,18?,19-,20-,21-,22+,23?,24?,25-,26+,27-/m0/s1. The van der Waals surface area contributed by atoms with Crippen LogP contribution in [0.15, 0.2) is 0 Å². The molecule has 3 aliphatic heterocycles. The molecule has 0 bridgehead atoms. The highest BCUT2D eigenvalue weighted by Gasteiger charge is 2.52. The summed E-state index contributed by atoms with van der Waals surface area (Å²) in [6, 6.07) is -1.47. The van der Waals surface area contributed by atoms with Gasteiger partial charge < -0.3 is 105 Å². The van der Waals surface area contributed by atoms with E-state index in [4.69, 9.17) is 33.2 Å². The summed E-state index contributed by atoms with van der Waals surface area (Å²) in [6.07, 6.45) is -30.9. The highest BCUT2D eigenvalue weighted by molar-refractivity contribution is 5.73. The van der Waals surface area contributed by atoms with Crippen molar-refractivity contribution in [1.29, 1.82) is 0 Å². The summed E-state index contributed by atoms with van der Waals surface area (Å²) in [6.45, 7) is -1.84. The number of rotatable bonds is 16. The molecular weight excluding hydrogens is 674 g/mol. The van der Waals surface area contributed by atoms with Crippen molar-refractivity contribution in [3.63, 3.8) is 0 Å². The molecule has 0 aromatic heterocycles. The molecule has 19 atom stereocenters. The number of hydrogen-bond acceptors (Lipinski definition) is 21. The summed E-state index contributed by atoms with van der Waals surface area (Å²) < 4.78 is 38.7. The van der Waals surface area contributed by atoms with E-state index in [-0.39, 0.29) is 0 Å². The van der Waals surface area contributed by atoms with Gasteiger partial charge in [0.05, 0.1) is 39.1 Å². The van der Waals surface area contributed by atoms with Crippen molar-refractivity contribution in [2.75, 3.05) is 33.0 Å². The Morgan fingerprint density at radius 2 is 1.24 bits per heavy atom. The van der Waals surface area contributed by atoms with Crippen molar-refractivity contribution < 1.29 is 104 Å². The van der Waals surface area contributed by atoms with Gasteiger partial charge >= 0.3 is 0 Å². The van der Waals surface area contributed by atoms with E-state index in [2.05, 4.69) is 5.32 Å². The normalized spacial score (nSPS) is 42.6. The van der Waals surface area contributed by atoms with Crippen molar-refractivity contribution in [3.8, 4) is 0 Å². The predicted molar refractivity (Wildman–Crippen MR) is 152 cm³/mol. The molecule has 3 heterocycles. The monoisotopic (exact) mass is 723 g/mol. The van der Waals surface area contributed by atoms with Crippen molar-refractivity contribution in [3.05, 3.63) is 0 Å². The molecular formula is C27H49NO21. The highest BCUT2D eigenvalue weighted by atomic mass is 16.8. The van der Waals surface area contributed by atoms with Gasteiger partial charge in [0.15, 0.2) is 25.2 Å². The number of ether oxygens (including phenoxy) is 7. The Morgan fingerprint density at radius 1 is 0.653 bits per heavy atom. The lowest BCUT2D eigenvalue weighted by Gasteiger charge is -2.47. The number of aliphatic hydroxyl groups excluding tert-OH is 13. The molecule has 288 valence electrons. The fourth-order valence-electron chi connectivity index (χ4n) is 5.51. The van der Waals surface area contributed by atoms with Gasteiger partial charge in [-0.3, -0.25) is 4.79 Å². The quantitative estimate of drug-likeness (QED) is 0.0657. The van der Waals surface area contributed by atoms with Crippen molar-refractivity contribution in [1.82, 2.24) is 5.32 Å². The first-order valence-electron chi connectivity index (χ1n) is 15.5. The molecule has 49 heavy (non-hydrogen) atoms. The van der Waals surface area contributed by atoms with Crippen LogP contribution in [0, 0.1) is 0 Å². The van der Waals surface area contributed by atoms with Gasteiger partial charge in [0.25, 0.3) is 0 Å². The molecule has 3 aliphatic rings. The number of nitrogens with one attached hydrogen (secondary N) is 1. The molecule has 0 aromatic carbocycles. The lowest BCUT2D eigenvalue weighted by molar-refractivity contribution is -0.369. The summed E-state index contributed by atoms with van der Waals surface area (Å²) >= 11 is 0. The zero-order chi connectivity index (χ0) is 36.7. The van der Waals surface area contributed by atoms with E-state index in [0.29, 0.717) is 0 Å². The minimum Gasteiger partial charge on any atom is -0.394 e. The molecule has 8 unspecified atom stereocenters. The third kappa shape index (κ3) is 9.97. The maximum atomic E-state index is 12.0. The number of hydrogen-bond donors (Lipinski definition) is 14. The molecule has 0 radical (unpaired) electrons. The van der Waals surface area contributed by atoms with E-state index < -0.39 is 156 Å². The van der Waals surface area contributed by atoms with Crippen molar-refractivity contribution in [2.24, 2.45) is 0 Å². The molecule has 3 saturated heterocycles. The van der Waals surface area contributed by atoms with Crippen LogP contribution >= 0.6 is 0 Å². The number of carbonyl (C=O) groups is 1. The molecule has 3 rings (SSSR count). The smallest absolute Gasteiger partial charge is 0.217 e. The van der Waals surface area contributed by atoms with Gasteiger partial charge in [0.1, 0.15) is 85.4 Å². The van der Waals surface area contributed by atoms with E-state index in [1.807, 2.05) is 0 Å². The summed E-state index contributed by atoms with van der Waals surface area (Å²) in [5.41, 5.74) is 0. The molecule has 0 saturated carbocycles. The average Bonchev–Trinajstić information content (AvgIpc) is 3.07. The minimum atomic E-state index is -2.04. The Hall–Kier alpha value is -1.33. The van der Waals surface area contributed by atoms with Crippen LogP contribution in [0.2, 0.25) is 0 Å². The second kappa shape index (κ2) is 19.0. The summed E-state index contributed by atoms with van der Waals surface area (Å²) in [5.74, 6) is -0.702. The Balaban J connectivity index is 1.86. The molecule has 0 aromatic rings. The van der Waals surface area contributed by atoms with E-state index in [1.165, 1.54) is 6.92 Å². The van der Waals surface area contributed by atoms with Crippen LogP contribution in [-0.4, -0.2) is 222 Å². The van der Waals surface area contributed by atoms with E-state index in [9.17, 15) is 71.2 Å². The van der Waals surface area contributed by atoms with Crippen LogP contribution < -0.4 is 5.32 Å². The first-order chi connectivity index (χ1) is 23.1. The van der Waals surface area contributed by atoms with Gasteiger partial charge in [-0.15, -0.1) is 0 Å². The summed E-state index contributed by atoms with van der Waals surface area (Å²) in [5, 5.41) is 135. The second-order valence-electron chi connectivity index (χ2n) is 11.9. The minimum absolute atomic E-state index is 0.702. The SMILES string of the molecule is CC(=O)N[C@@H](CO)[C@@H](OC(CO)[C@H](C)O[C@@H]1OC(CO)[C@H](O)C(O)[C@@H]1O)OC1[C@@H](O)C(CO)O[C@@H](O[C@@H]2C(CO)OC(O)[C@@H](O)C2O)[C@H]1O. The molecule has 0 aliphatic carbocycles. The van der Waals surface area contributed by atoms with E-state index in [0.717, 1.165) is 6.92 Å². The van der Waals surface area contributed by atoms with Gasteiger partial charge in [0, 0.05) is 6.92 Å². The zero-order valence-corrected chi connectivity index (χ0v) is 26.6. The number of carbonyl (C=O) groups excluding carboxylic acids is 1. The van der Waals surface area contributed by atoms with Crippen LogP contribution in [0.4, 0.5) is 0 Å². The maximum Gasteiger partial charge on any atom is 0.217 e. The van der Waals surface area contributed by atoms with Crippen LogP contribution in [0.25, 0.3) is 0 Å². The largest absolute Gasteiger partial charge is 0.394 e. The fourth-order valence-corrected chi connectivity index (χ4v) is 5.51. The third-order valence-corrected chi connectivity index (χ3v) is 8.37. The number of aliphatic hydroxyl groups is 13. The van der Waals surface area contributed by atoms with Gasteiger partial charge in [0.2, 0.25) is 5.91 Å². The summed E-state index contributed by atoms with van der Waals surface area (Å²) in [4.78, 5) is 12.0. The van der Waals surface area contributed by atoms with Crippen molar-refractivity contribution >= 4 is 5.91 Å². The fraction of sp³-hybridized carbons (Fsp3) is 0.963. The van der Waals surface area contributed by atoms with Crippen molar-refractivity contribution in [2.45, 2.75) is 131 Å². The van der Waals surface area contributed by atoms with Crippen LogP contribution in [-0.2, 0) is 38.0 Å². The molecule has 22 nitrogen and oxygen atoms in total. The molecule has 0 spiro atoms. The second-order valence-corrected chi connectivity index (χ2v) is 11.9. The van der Waals surface area contributed by atoms with Crippen LogP contribution in [0.5, 0.6) is 0 Å². The molecule has 1 amide bonds. The third-order valence-electron chi connectivity index (χ3n) is 8.37.